The van der Waals surface area contributed by atoms with Crippen molar-refractivity contribution in [3.8, 4) is 0 Å². The van der Waals surface area contributed by atoms with Crippen LogP contribution >= 0.6 is 0 Å². The van der Waals surface area contributed by atoms with Crippen LogP contribution in [0, 0.1) is 0 Å². The number of carboxylic acid groups (broad SMARTS) is 1. The molecule has 0 bridgehead atoms. The van der Waals surface area contributed by atoms with E-state index in [2.05, 4.69) is 16.0 Å². The van der Waals surface area contributed by atoms with Gasteiger partial charge in [0.2, 0.25) is 17.7 Å². The van der Waals surface area contributed by atoms with Crippen LogP contribution in [0.15, 0.2) is 12.1 Å². The van der Waals surface area contributed by atoms with Gasteiger partial charge in [0.05, 0.1) is 11.4 Å². The number of hydrogen-bond donors (Lipinski definition) is 4. The molecule has 1 aromatic rings. The van der Waals surface area contributed by atoms with Crippen molar-refractivity contribution in [3.63, 3.8) is 0 Å². The van der Waals surface area contributed by atoms with E-state index in [0.717, 1.165) is 0 Å². The molecule has 1 aromatic carbocycles. The van der Waals surface area contributed by atoms with Gasteiger partial charge in [-0.2, -0.15) is 0 Å². The molecule has 0 unspecified atom stereocenters. The van der Waals surface area contributed by atoms with Gasteiger partial charge in [-0.1, -0.05) is 0 Å². The van der Waals surface area contributed by atoms with Gasteiger partial charge in [-0.15, -0.1) is 0 Å². The van der Waals surface area contributed by atoms with Crippen LogP contribution in [0.5, 0.6) is 0 Å². The van der Waals surface area contributed by atoms with Crippen molar-refractivity contribution >= 4 is 40.8 Å². The van der Waals surface area contributed by atoms with Gasteiger partial charge in [-0.3, -0.25) is 14.4 Å². The SMILES string of the molecule is CC(=O)Nc1cc(NC(C)=O)c(C(=O)O)c(NC(C)=O)c1. The van der Waals surface area contributed by atoms with Crippen LogP contribution in [-0.2, 0) is 14.4 Å². The largest absolute Gasteiger partial charge is 0.478 e. The molecule has 0 fully saturated rings. The van der Waals surface area contributed by atoms with E-state index in [9.17, 15) is 24.3 Å². The van der Waals surface area contributed by atoms with Crippen molar-refractivity contribution in [2.75, 3.05) is 16.0 Å². The van der Waals surface area contributed by atoms with Gasteiger partial charge in [0.1, 0.15) is 5.56 Å². The Hall–Kier alpha value is -2.90. The summed E-state index contributed by atoms with van der Waals surface area (Å²) in [7, 11) is 0. The van der Waals surface area contributed by atoms with Gasteiger partial charge >= 0.3 is 5.97 Å². The molecule has 112 valence electrons. The monoisotopic (exact) mass is 293 g/mol. The molecule has 4 N–H and O–H groups in total. The van der Waals surface area contributed by atoms with E-state index < -0.39 is 17.8 Å². The number of anilines is 3. The number of aromatic carboxylic acids is 1. The highest BCUT2D eigenvalue weighted by atomic mass is 16.4. The minimum atomic E-state index is -1.32. The first-order valence-electron chi connectivity index (χ1n) is 5.94. The smallest absolute Gasteiger partial charge is 0.339 e. The number of benzene rings is 1. The van der Waals surface area contributed by atoms with Crippen LogP contribution in [-0.4, -0.2) is 28.8 Å². The first kappa shape index (κ1) is 16.2. The quantitative estimate of drug-likeness (QED) is 0.665. The normalized spacial score (nSPS) is 9.67. The van der Waals surface area contributed by atoms with E-state index in [0.29, 0.717) is 0 Å². The molecule has 0 atom stereocenters. The van der Waals surface area contributed by atoms with E-state index in [4.69, 9.17) is 0 Å². The summed E-state index contributed by atoms with van der Waals surface area (Å²) in [6, 6.07) is 2.61. The zero-order valence-corrected chi connectivity index (χ0v) is 11.7. The van der Waals surface area contributed by atoms with Crippen molar-refractivity contribution in [2.45, 2.75) is 20.8 Å². The second-order valence-corrected chi connectivity index (χ2v) is 4.30. The lowest BCUT2D eigenvalue weighted by Gasteiger charge is -2.15. The van der Waals surface area contributed by atoms with E-state index in [-0.39, 0.29) is 28.5 Å². The Morgan fingerprint density at radius 2 is 1.19 bits per heavy atom. The summed E-state index contributed by atoms with van der Waals surface area (Å²) >= 11 is 0. The molecule has 3 amide bonds. The van der Waals surface area contributed by atoms with Crippen LogP contribution in [0.1, 0.15) is 31.1 Å². The average Bonchev–Trinajstić information content (AvgIpc) is 2.24. The third kappa shape index (κ3) is 4.60. The molecule has 0 aromatic heterocycles. The molecule has 0 aliphatic heterocycles. The third-order valence-corrected chi connectivity index (χ3v) is 2.29. The van der Waals surface area contributed by atoms with Gasteiger partial charge in [-0.25, -0.2) is 4.79 Å². The molecule has 0 saturated carbocycles. The lowest BCUT2D eigenvalue weighted by molar-refractivity contribution is -0.115. The van der Waals surface area contributed by atoms with Crippen LogP contribution < -0.4 is 16.0 Å². The van der Waals surface area contributed by atoms with Crippen molar-refractivity contribution in [3.05, 3.63) is 17.7 Å². The molecule has 0 spiro atoms. The Morgan fingerprint density at radius 3 is 1.48 bits per heavy atom. The van der Waals surface area contributed by atoms with Crippen LogP contribution in [0.4, 0.5) is 17.1 Å². The molecule has 0 aliphatic carbocycles. The molecule has 0 saturated heterocycles. The van der Waals surface area contributed by atoms with E-state index in [1.165, 1.54) is 32.9 Å². The Labute approximate surface area is 120 Å². The molecule has 0 aliphatic rings. The fourth-order valence-corrected chi connectivity index (χ4v) is 1.72. The van der Waals surface area contributed by atoms with E-state index in [1.54, 1.807) is 0 Å². The number of hydrogen-bond acceptors (Lipinski definition) is 4. The molecule has 0 radical (unpaired) electrons. The summed E-state index contributed by atoms with van der Waals surface area (Å²) in [6.45, 7) is 3.71. The fourth-order valence-electron chi connectivity index (χ4n) is 1.72. The highest BCUT2D eigenvalue weighted by molar-refractivity contribution is 6.08. The first-order chi connectivity index (χ1) is 9.70. The number of nitrogens with one attached hydrogen (secondary N) is 3. The van der Waals surface area contributed by atoms with Crippen molar-refractivity contribution in [1.82, 2.24) is 0 Å². The molecule has 0 heterocycles. The lowest BCUT2D eigenvalue weighted by Crippen LogP contribution is -2.17. The highest BCUT2D eigenvalue weighted by Gasteiger charge is 2.19. The Balaban J connectivity index is 3.47. The Kier molecular flexibility index (Phi) is 5.01. The van der Waals surface area contributed by atoms with Crippen LogP contribution in [0.3, 0.4) is 0 Å². The van der Waals surface area contributed by atoms with Crippen molar-refractivity contribution in [1.29, 1.82) is 0 Å². The lowest BCUT2D eigenvalue weighted by atomic mass is 10.1. The number of amides is 3. The third-order valence-electron chi connectivity index (χ3n) is 2.29. The predicted molar refractivity (Wildman–Crippen MR) is 76.3 cm³/mol. The average molecular weight is 293 g/mol. The van der Waals surface area contributed by atoms with Crippen LogP contribution in [0.25, 0.3) is 0 Å². The summed E-state index contributed by atoms with van der Waals surface area (Å²) in [5, 5.41) is 16.4. The molecular formula is C13H15N3O5. The van der Waals surface area contributed by atoms with Gasteiger partial charge in [0.15, 0.2) is 0 Å². The maximum Gasteiger partial charge on any atom is 0.339 e. The molecule has 8 heteroatoms. The number of carboxylic acids is 1. The van der Waals surface area contributed by atoms with Gasteiger partial charge in [0, 0.05) is 26.5 Å². The highest BCUT2D eigenvalue weighted by Crippen LogP contribution is 2.30. The van der Waals surface area contributed by atoms with Gasteiger partial charge < -0.3 is 21.1 Å². The first-order valence-corrected chi connectivity index (χ1v) is 5.94. The summed E-state index contributed by atoms with van der Waals surface area (Å²) in [5.74, 6) is -2.66. The Morgan fingerprint density at radius 1 is 0.810 bits per heavy atom. The second kappa shape index (κ2) is 6.51. The van der Waals surface area contributed by atoms with Crippen molar-refractivity contribution < 1.29 is 24.3 Å². The van der Waals surface area contributed by atoms with Gasteiger partial charge in [0.25, 0.3) is 0 Å². The fraction of sp³-hybridized carbons (Fsp3) is 0.231. The second-order valence-electron chi connectivity index (χ2n) is 4.30. The maximum absolute atomic E-state index is 11.3. The predicted octanol–water partition coefficient (Wildman–Crippen LogP) is 1.26. The summed E-state index contributed by atoms with van der Waals surface area (Å²) < 4.78 is 0. The number of carbonyl (C=O) groups is 4. The molecule has 8 nitrogen and oxygen atoms in total. The minimum absolute atomic E-state index is 0.0231. The summed E-state index contributed by atoms with van der Waals surface area (Å²) in [5.41, 5.74) is -0.0653. The van der Waals surface area contributed by atoms with E-state index in [1.807, 2.05) is 0 Å². The number of carbonyl (C=O) groups excluding carboxylic acids is 3. The molecule has 1 rings (SSSR count). The van der Waals surface area contributed by atoms with E-state index >= 15 is 0 Å². The Bertz CT molecular complexity index is 587. The minimum Gasteiger partial charge on any atom is -0.478 e. The van der Waals surface area contributed by atoms with Gasteiger partial charge in [-0.05, 0) is 12.1 Å². The summed E-state index contributed by atoms with van der Waals surface area (Å²) in [4.78, 5) is 44.8. The maximum atomic E-state index is 11.3. The number of rotatable bonds is 4. The standard InChI is InChI=1S/C13H15N3O5/c1-6(17)14-9-4-10(15-7(2)18)12(13(20)21)11(5-9)16-8(3)19/h4-5H,1-3H3,(H,14,17)(H,15,18)(H,16,19)(H,20,21). The van der Waals surface area contributed by atoms with Crippen molar-refractivity contribution in [2.24, 2.45) is 0 Å². The topological polar surface area (TPSA) is 125 Å². The zero-order chi connectivity index (χ0) is 16.2. The molecule has 21 heavy (non-hydrogen) atoms. The molecular weight excluding hydrogens is 278 g/mol. The zero-order valence-electron chi connectivity index (χ0n) is 11.7. The van der Waals surface area contributed by atoms with Crippen LogP contribution in [0.2, 0.25) is 0 Å². The summed E-state index contributed by atoms with van der Waals surface area (Å²) in [6.07, 6.45) is 0.